The second-order valence-corrected chi connectivity index (χ2v) is 7.24. The third kappa shape index (κ3) is 3.20. The van der Waals surface area contributed by atoms with Crippen LogP contribution in [0, 0.1) is 13.8 Å². The van der Waals surface area contributed by atoms with Gasteiger partial charge in [0, 0.05) is 31.4 Å². The molecule has 0 atom stereocenters. The zero-order valence-electron chi connectivity index (χ0n) is 16.3. The van der Waals surface area contributed by atoms with Gasteiger partial charge in [0.25, 0.3) is 0 Å². The van der Waals surface area contributed by atoms with Crippen molar-refractivity contribution in [1.29, 1.82) is 0 Å². The minimum atomic E-state index is 0.235. The van der Waals surface area contributed by atoms with Crippen LogP contribution in [0.3, 0.4) is 0 Å². The van der Waals surface area contributed by atoms with E-state index >= 15 is 0 Å². The van der Waals surface area contributed by atoms with Crippen LogP contribution in [0.5, 0.6) is 0 Å². The van der Waals surface area contributed by atoms with E-state index in [1.807, 2.05) is 50.1 Å². The zero-order chi connectivity index (χ0) is 19.1. The maximum Gasteiger partial charge on any atom is 0.152 e. The number of nitrogens with one attached hydrogen (secondary N) is 1. The Balaban J connectivity index is 1.84. The number of aromatic nitrogens is 5. The molecule has 7 nitrogen and oxygen atoms in total. The molecule has 0 saturated heterocycles. The highest BCUT2D eigenvalue weighted by Gasteiger charge is 2.18. The van der Waals surface area contributed by atoms with Gasteiger partial charge in [-0.25, -0.2) is 4.98 Å². The van der Waals surface area contributed by atoms with Crippen LogP contribution in [-0.2, 0) is 13.6 Å². The van der Waals surface area contributed by atoms with Gasteiger partial charge in [-0.15, -0.1) is 0 Å². The number of nitrogens with zero attached hydrogens (tertiary/aromatic N) is 5. The number of anilines is 1. The molecule has 4 aromatic heterocycles. The Morgan fingerprint density at radius 2 is 2.04 bits per heavy atom. The summed E-state index contributed by atoms with van der Waals surface area (Å²) < 4.78 is 9.52. The lowest BCUT2D eigenvalue weighted by atomic mass is 10.2. The molecule has 4 heterocycles. The van der Waals surface area contributed by atoms with Gasteiger partial charge in [0.1, 0.15) is 16.7 Å². The average Bonchev–Trinajstić information content (AvgIpc) is 3.32. The zero-order valence-corrected chi connectivity index (χ0v) is 16.3. The van der Waals surface area contributed by atoms with Gasteiger partial charge in [-0.3, -0.25) is 9.36 Å². The molecular weight excluding hydrogens is 340 g/mol. The normalized spacial score (nSPS) is 11.6. The quantitative estimate of drug-likeness (QED) is 0.573. The van der Waals surface area contributed by atoms with E-state index in [9.17, 15) is 0 Å². The van der Waals surface area contributed by atoms with Crippen molar-refractivity contribution in [2.75, 3.05) is 5.32 Å². The summed E-state index contributed by atoms with van der Waals surface area (Å²) in [6, 6.07) is 4.27. The maximum atomic E-state index is 5.68. The van der Waals surface area contributed by atoms with Crippen LogP contribution in [-0.4, -0.2) is 24.5 Å². The highest BCUT2D eigenvalue weighted by atomic mass is 16.3. The minimum absolute atomic E-state index is 0.235. The fraction of sp³-hybridized carbons (Fsp3) is 0.350. The lowest BCUT2D eigenvalue weighted by molar-refractivity contribution is 0.547. The number of hydrogen-bond donors (Lipinski definition) is 1. The monoisotopic (exact) mass is 364 g/mol. The van der Waals surface area contributed by atoms with Crippen LogP contribution in [0.25, 0.3) is 22.5 Å². The van der Waals surface area contributed by atoms with Crippen molar-refractivity contribution in [2.45, 2.75) is 40.3 Å². The molecule has 0 spiro atoms. The number of rotatable bonds is 5. The number of aryl methyl sites for hydroxylation is 3. The van der Waals surface area contributed by atoms with Crippen LogP contribution in [0.15, 0.2) is 35.2 Å². The molecule has 0 aliphatic rings. The van der Waals surface area contributed by atoms with Crippen molar-refractivity contribution < 1.29 is 4.42 Å². The van der Waals surface area contributed by atoms with Crippen LogP contribution in [0.4, 0.5) is 5.69 Å². The molecule has 4 aromatic rings. The van der Waals surface area contributed by atoms with E-state index in [0.717, 1.165) is 45.0 Å². The van der Waals surface area contributed by atoms with Crippen molar-refractivity contribution in [3.8, 4) is 11.5 Å². The molecule has 0 aliphatic heterocycles. The Hall–Kier alpha value is -3.09. The van der Waals surface area contributed by atoms with E-state index in [-0.39, 0.29) is 6.04 Å². The van der Waals surface area contributed by atoms with Gasteiger partial charge in [-0.2, -0.15) is 10.2 Å². The average molecular weight is 364 g/mol. The molecule has 0 amide bonds. The molecule has 7 heteroatoms. The molecule has 0 aromatic carbocycles. The van der Waals surface area contributed by atoms with Crippen LogP contribution in [0.1, 0.15) is 36.7 Å². The molecular formula is C20H24N6O. The van der Waals surface area contributed by atoms with E-state index in [1.54, 1.807) is 10.9 Å². The predicted molar refractivity (Wildman–Crippen MR) is 106 cm³/mol. The number of hydrogen-bond acceptors (Lipinski definition) is 5. The summed E-state index contributed by atoms with van der Waals surface area (Å²) in [5.74, 6) is 0.760. The molecule has 0 unspecified atom stereocenters. The van der Waals surface area contributed by atoms with Gasteiger partial charge < -0.3 is 9.73 Å². The van der Waals surface area contributed by atoms with Gasteiger partial charge in [0.2, 0.25) is 0 Å². The Kier molecular flexibility index (Phi) is 4.22. The van der Waals surface area contributed by atoms with Gasteiger partial charge in [0.15, 0.2) is 5.76 Å². The summed E-state index contributed by atoms with van der Waals surface area (Å²) in [6.07, 6.45) is 5.62. The van der Waals surface area contributed by atoms with Gasteiger partial charge in [-0.05, 0) is 45.4 Å². The number of pyridine rings is 1. The summed E-state index contributed by atoms with van der Waals surface area (Å²) in [7, 11) is 1.92. The second-order valence-electron chi connectivity index (χ2n) is 7.24. The van der Waals surface area contributed by atoms with E-state index in [4.69, 9.17) is 14.5 Å². The number of fused-ring (bicyclic) bond motifs is 1. The van der Waals surface area contributed by atoms with Crippen LogP contribution in [0.2, 0.25) is 0 Å². The molecule has 140 valence electrons. The first-order valence-corrected chi connectivity index (χ1v) is 9.09. The Morgan fingerprint density at radius 3 is 2.67 bits per heavy atom. The number of furan rings is 1. The maximum absolute atomic E-state index is 5.68. The molecule has 4 rings (SSSR count). The highest BCUT2D eigenvalue weighted by Crippen LogP contribution is 2.32. The standard InChI is InChI=1S/C20H24N6O/c1-12(2)26-20-17(21-8-15-9-22-25(5)10-15)7-16(18-6-13(3)11-27-18)23-19(20)14(4)24-26/h6-7,9-12H,8H2,1-5H3,(H,21,23). The van der Waals surface area contributed by atoms with E-state index in [0.29, 0.717) is 6.54 Å². The highest BCUT2D eigenvalue weighted by molar-refractivity contribution is 5.92. The second kappa shape index (κ2) is 6.57. The molecule has 0 radical (unpaired) electrons. The third-order valence-corrected chi connectivity index (χ3v) is 4.54. The van der Waals surface area contributed by atoms with E-state index in [2.05, 4.69) is 24.3 Å². The fourth-order valence-corrected chi connectivity index (χ4v) is 3.24. The van der Waals surface area contributed by atoms with E-state index < -0.39 is 0 Å². The Bertz CT molecular complexity index is 1100. The van der Waals surface area contributed by atoms with Gasteiger partial charge in [0.05, 0.1) is 23.8 Å². The summed E-state index contributed by atoms with van der Waals surface area (Å²) >= 11 is 0. The Morgan fingerprint density at radius 1 is 1.22 bits per heavy atom. The van der Waals surface area contributed by atoms with Crippen molar-refractivity contribution in [1.82, 2.24) is 24.5 Å². The first kappa shape index (κ1) is 17.3. The van der Waals surface area contributed by atoms with Crippen molar-refractivity contribution in [2.24, 2.45) is 7.05 Å². The molecule has 0 saturated carbocycles. The van der Waals surface area contributed by atoms with Gasteiger partial charge >= 0.3 is 0 Å². The van der Waals surface area contributed by atoms with Gasteiger partial charge in [-0.1, -0.05) is 0 Å². The summed E-state index contributed by atoms with van der Waals surface area (Å²) in [4.78, 5) is 4.85. The largest absolute Gasteiger partial charge is 0.462 e. The lowest BCUT2D eigenvalue weighted by Crippen LogP contribution is -2.07. The molecule has 0 fully saturated rings. The molecule has 0 aliphatic carbocycles. The minimum Gasteiger partial charge on any atom is -0.462 e. The first-order valence-electron chi connectivity index (χ1n) is 9.09. The van der Waals surface area contributed by atoms with Crippen molar-refractivity contribution >= 4 is 16.7 Å². The smallest absolute Gasteiger partial charge is 0.152 e. The summed E-state index contributed by atoms with van der Waals surface area (Å²) in [5, 5.41) is 12.5. The topological polar surface area (TPSA) is 73.7 Å². The SMILES string of the molecule is Cc1coc(-c2cc(NCc3cnn(C)c3)c3c(n2)c(C)nn3C(C)C)c1. The summed E-state index contributed by atoms with van der Waals surface area (Å²) in [6.45, 7) is 8.93. The fourth-order valence-electron chi connectivity index (χ4n) is 3.24. The lowest BCUT2D eigenvalue weighted by Gasteiger charge is -2.13. The molecule has 27 heavy (non-hydrogen) atoms. The van der Waals surface area contributed by atoms with Crippen LogP contribution >= 0.6 is 0 Å². The van der Waals surface area contributed by atoms with Crippen molar-refractivity contribution in [3.05, 3.63) is 47.6 Å². The first-order chi connectivity index (χ1) is 12.9. The predicted octanol–water partition coefficient (Wildman–Crippen LogP) is 4.23. The molecule has 1 N–H and O–H groups in total. The van der Waals surface area contributed by atoms with Crippen LogP contribution < -0.4 is 5.32 Å². The third-order valence-electron chi connectivity index (χ3n) is 4.54. The molecule has 0 bridgehead atoms. The Labute approximate surface area is 158 Å². The van der Waals surface area contributed by atoms with E-state index in [1.165, 1.54) is 0 Å². The summed E-state index contributed by atoms with van der Waals surface area (Å²) in [5.41, 5.74) is 6.80. The van der Waals surface area contributed by atoms with Crippen molar-refractivity contribution in [3.63, 3.8) is 0 Å².